The highest BCUT2D eigenvalue weighted by Crippen LogP contribution is 2.33. The van der Waals surface area contributed by atoms with Crippen LogP contribution in [0.2, 0.25) is 0 Å². The van der Waals surface area contributed by atoms with Gasteiger partial charge in [0.05, 0.1) is 25.0 Å². The minimum Gasteiger partial charge on any atom is -0.495 e. The second-order valence-electron chi connectivity index (χ2n) is 8.55. The van der Waals surface area contributed by atoms with Crippen LogP contribution in [-0.2, 0) is 9.53 Å². The van der Waals surface area contributed by atoms with E-state index in [1.54, 1.807) is 36.4 Å². The second kappa shape index (κ2) is 11.4. The Morgan fingerprint density at radius 3 is 2.49 bits per heavy atom. The van der Waals surface area contributed by atoms with Crippen molar-refractivity contribution in [2.45, 2.75) is 37.6 Å². The molecule has 11 heteroatoms. The summed E-state index contributed by atoms with van der Waals surface area (Å²) in [5.41, 5.74) is 0.585. The summed E-state index contributed by atoms with van der Waals surface area (Å²) in [7, 11) is 1.49. The van der Waals surface area contributed by atoms with Crippen molar-refractivity contribution in [3.8, 4) is 11.5 Å². The summed E-state index contributed by atoms with van der Waals surface area (Å²) < 4.78 is 17.9. The smallest absolute Gasteiger partial charge is 0.259 e. The molecule has 5 N–H and O–H groups in total. The van der Waals surface area contributed by atoms with Crippen LogP contribution in [0.1, 0.15) is 17.3 Å². The van der Waals surface area contributed by atoms with Gasteiger partial charge in [0.15, 0.2) is 0 Å². The van der Waals surface area contributed by atoms with Crippen LogP contribution in [0.3, 0.4) is 0 Å². The van der Waals surface area contributed by atoms with Crippen LogP contribution in [-0.4, -0.2) is 71.5 Å². The van der Waals surface area contributed by atoms with Crippen LogP contribution < -0.4 is 20.1 Å². The number of hydrogen-bond donors (Lipinski definition) is 5. The number of aliphatic hydroxyl groups is 3. The molecule has 37 heavy (non-hydrogen) atoms. The molecule has 0 aliphatic carbocycles. The van der Waals surface area contributed by atoms with Gasteiger partial charge in [-0.3, -0.25) is 9.59 Å². The van der Waals surface area contributed by atoms with Gasteiger partial charge in [-0.1, -0.05) is 34.1 Å². The molecule has 1 fully saturated rings. The number of rotatable bonds is 7. The highest BCUT2D eigenvalue weighted by Gasteiger charge is 2.46. The number of anilines is 1. The van der Waals surface area contributed by atoms with Crippen LogP contribution in [0.15, 0.2) is 59.1 Å². The van der Waals surface area contributed by atoms with Crippen molar-refractivity contribution in [3.63, 3.8) is 0 Å². The lowest BCUT2D eigenvalue weighted by Crippen LogP contribution is -2.65. The van der Waals surface area contributed by atoms with Crippen LogP contribution in [0, 0.1) is 0 Å². The molecule has 196 valence electrons. The molecule has 0 bridgehead atoms. The van der Waals surface area contributed by atoms with Crippen LogP contribution in [0.5, 0.6) is 11.5 Å². The van der Waals surface area contributed by atoms with Gasteiger partial charge >= 0.3 is 0 Å². The molecule has 1 heterocycles. The van der Waals surface area contributed by atoms with Gasteiger partial charge in [0.1, 0.15) is 35.9 Å². The summed E-state index contributed by atoms with van der Waals surface area (Å²) in [6.07, 6.45) is -5.47. The first-order valence-corrected chi connectivity index (χ1v) is 12.2. The van der Waals surface area contributed by atoms with Crippen molar-refractivity contribution in [1.82, 2.24) is 5.32 Å². The topological polar surface area (TPSA) is 147 Å². The first kappa shape index (κ1) is 26.8. The Morgan fingerprint density at radius 2 is 1.78 bits per heavy atom. The van der Waals surface area contributed by atoms with E-state index in [0.717, 1.165) is 15.2 Å². The minimum absolute atomic E-state index is 0.0999. The summed E-state index contributed by atoms with van der Waals surface area (Å²) in [5, 5.41) is 37.4. The van der Waals surface area contributed by atoms with E-state index in [2.05, 4.69) is 26.6 Å². The second-order valence-corrected chi connectivity index (χ2v) is 9.46. The van der Waals surface area contributed by atoms with Gasteiger partial charge in [-0.05, 0) is 47.2 Å². The first-order valence-electron chi connectivity index (χ1n) is 11.5. The van der Waals surface area contributed by atoms with Crippen molar-refractivity contribution in [3.05, 3.63) is 64.6 Å². The number of carbonyl (C=O) groups excluding carboxylic acids is 2. The quantitative estimate of drug-likeness (QED) is 0.288. The Kier molecular flexibility index (Phi) is 8.30. The lowest BCUT2D eigenvalue weighted by molar-refractivity contribution is -0.244. The Hall–Kier alpha value is -3.22. The maximum absolute atomic E-state index is 13.5. The number of halogens is 1. The maximum atomic E-state index is 13.5. The van der Waals surface area contributed by atoms with E-state index in [0.29, 0.717) is 11.4 Å². The fourth-order valence-corrected chi connectivity index (χ4v) is 4.54. The van der Waals surface area contributed by atoms with E-state index >= 15 is 0 Å². The molecule has 1 aliphatic rings. The lowest BCUT2D eigenvalue weighted by Gasteiger charge is -2.42. The van der Waals surface area contributed by atoms with Crippen molar-refractivity contribution < 1.29 is 39.1 Å². The summed E-state index contributed by atoms with van der Waals surface area (Å²) in [5.74, 6) is -0.435. The SMILES string of the molecule is COc1ccccc1NC(=O)c1cc2cc(Br)ccc2cc1O[C@H]1O[C@@H](CO)[C@@H](O)[C@H](O)[C@@H]1NC(C)=O. The molecule has 5 atom stereocenters. The van der Waals surface area contributed by atoms with Gasteiger partial charge in [-0.15, -0.1) is 0 Å². The molecular formula is C26H27BrN2O8. The maximum Gasteiger partial charge on any atom is 0.259 e. The van der Waals surface area contributed by atoms with Gasteiger partial charge in [0, 0.05) is 11.4 Å². The van der Waals surface area contributed by atoms with Gasteiger partial charge in [-0.2, -0.15) is 0 Å². The zero-order chi connectivity index (χ0) is 26.7. The number of methoxy groups -OCH3 is 1. The molecule has 3 aromatic rings. The predicted molar refractivity (Wildman–Crippen MR) is 139 cm³/mol. The van der Waals surface area contributed by atoms with E-state index in [4.69, 9.17) is 14.2 Å². The van der Waals surface area contributed by atoms with Crippen LogP contribution >= 0.6 is 15.9 Å². The largest absolute Gasteiger partial charge is 0.495 e. The molecule has 0 spiro atoms. The molecule has 4 rings (SSSR count). The fourth-order valence-electron chi connectivity index (χ4n) is 4.16. The molecule has 0 aromatic heterocycles. The normalized spacial score (nSPS) is 23.4. The van der Waals surface area contributed by atoms with Gasteiger partial charge in [0.2, 0.25) is 12.2 Å². The number of amides is 2. The van der Waals surface area contributed by atoms with Crippen molar-refractivity contribution in [1.29, 1.82) is 0 Å². The van der Waals surface area contributed by atoms with Crippen molar-refractivity contribution >= 4 is 44.2 Å². The standard InChI is InChI=1S/C26H27BrN2O8/c1-13(31)28-22-24(33)23(32)21(12-30)37-26(22)36-20-11-14-7-8-16(27)9-15(14)10-17(20)25(34)29-18-5-3-4-6-19(18)35-2/h3-11,21-24,26,30,32-33H,12H2,1-2H3,(H,28,31)(H,29,34)/t21-,22-,23+,24+,26-/m0/s1. The Labute approximate surface area is 221 Å². The molecule has 10 nitrogen and oxygen atoms in total. The average Bonchev–Trinajstić information content (AvgIpc) is 2.88. The monoisotopic (exact) mass is 574 g/mol. The number of carbonyl (C=O) groups is 2. The number of hydrogen-bond acceptors (Lipinski definition) is 8. The molecule has 0 radical (unpaired) electrons. The van der Waals surface area contributed by atoms with Gasteiger partial charge in [0.25, 0.3) is 5.91 Å². The summed E-state index contributed by atoms with van der Waals surface area (Å²) >= 11 is 3.44. The average molecular weight is 575 g/mol. The Balaban J connectivity index is 1.75. The van der Waals surface area contributed by atoms with Gasteiger partial charge < -0.3 is 40.2 Å². The number of nitrogens with one attached hydrogen (secondary N) is 2. The van der Waals surface area contributed by atoms with Crippen molar-refractivity contribution in [2.75, 3.05) is 19.0 Å². The van der Waals surface area contributed by atoms with E-state index < -0.39 is 49.1 Å². The number of benzene rings is 3. The fraction of sp³-hybridized carbons (Fsp3) is 0.308. The minimum atomic E-state index is -1.50. The van der Waals surface area contributed by atoms with E-state index in [1.165, 1.54) is 14.0 Å². The number of ether oxygens (including phenoxy) is 3. The molecule has 0 unspecified atom stereocenters. The third kappa shape index (κ3) is 5.86. The zero-order valence-corrected chi connectivity index (χ0v) is 21.6. The molecule has 2 amide bonds. The lowest BCUT2D eigenvalue weighted by atomic mass is 9.96. The Morgan fingerprint density at radius 1 is 1.03 bits per heavy atom. The predicted octanol–water partition coefficient (Wildman–Crippen LogP) is 2.19. The van der Waals surface area contributed by atoms with E-state index in [1.807, 2.05) is 18.2 Å². The Bertz CT molecular complexity index is 1300. The summed E-state index contributed by atoms with van der Waals surface area (Å²) in [6, 6.07) is 14.5. The number of para-hydroxylation sites is 2. The molecular weight excluding hydrogens is 548 g/mol. The highest BCUT2D eigenvalue weighted by atomic mass is 79.9. The molecule has 1 saturated heterocycles. The van der Waals surface area contributed by atoms with Crippen molar-refractivity contribution in [2.24, 2.45) is 0 Å². The van der Waals surface area contributed by atoms with Crippen LogP contribution in [0.4, 0.5) is 5.69 Å². The zero-order valence-electron chi connectivity index (χ0n) is 20.1. The summed E-state index contributed by atoms with van der Waals surface area (Å²) in [6.45, 7) is 0.645. The number of fused-ring (bicyclic) bond motifs is 1. The summed E-state index contributed by atoms with van der Waals surface area (Å²) in [4.78, 5) is 25.3. The highest BCUT2D eigenvalue weighted by molar-refractivity contribution is 9.10. The third-order valence-electron chi connectivity index (χ3n) is 5.99. The molecule has 0 saturated carbocycles. The molecule has 1 aliphatic heterocycles. The van der Waals surface area contributed by atoms with E-state index in [9.17, 15) is 24.9 Å². The first-order chi connectivity index (χ1) is 17.7. The molecule has 3 aromatic carbocycles. The third-order valence-corrected chi connectivity index (χ3v) is 6.49. The van der Waals surface area contributed by atoms with Gasteiger partial charge in [-0.25, -0.2) is 0 Å². The number of aliphatic hydroxyl groups excluding tert-OH is 3. The van der Waals surface area contributed by atoms with Crippen LogP contribution in [0.25, 0.3) is 10.8 Å². The van der Waals surface area contributed by atoms with E-state index in [-0.39, 0.29) is 11.3 Å².